The Morgan fingerprint density at radius 3 is 2.68 bits per heavy atom. The molecule has 7 atom stereocenters. The molecule has 0 aromatic rings. The monoisotopic (exact) mass is 450 g/mol. The third kappa shape index (κ3) is 3.32. The Balaban J connectivity index is 1.59. The number of rotatable bonds is 3. The summed E-state index contributed by atoms with van der Waals surface area (Å²) in [6.45, 7) is 8.40. The lowest BCUT2D eigenvalue weighted by atomic mass is 9.52. The van der Waals surface area contributed by atoms with Crippen LogP contribution >= 0.6 is 15.9 Å². The van der Waals surface area contributed by atoms with Crippen molar-refractivity contribution in [3.05, 3.63) is 11.6 Å². The van der Waals surface area contributed by atoms with Crippen LogP contribution in [0.5, 0.6) is 0 Å². The standard InChI is InChI=1S/C24H35BrO3/c1-5-14-13-20-19-8-6-15-12-16(26)7-9-17(15)18(19)10-11-24(20,4)21(14)28-22(27)23(2,3)25/h12,14,17-21H,5-11,13H2,1-4H3/t14-,17-,18+,19+,20-,21-,24-/m0/s1. The molecule has 4 aliphatic rings. The van der Waals surface area contributed by atoms with E-state index >= 15 is 0 Å². The number of carbonyl (C=O) groups is 2. The molecule has 0 radical (unpaired) electrons. The van der Waals surface area contributed by atoms with Crippen LogP contribution in [0.25, 0.3) is 0 Å². The Kier molecular flexibility index (Phi) is 5.34. The zero-order valence-corrected chi connectivity index (χ0v) is 19.4. The molecule has 0 amide bonds. The van der Waals surface area contributed by atoms with Crippen molar-refractivity contribution in [1.29, 1.82) is 0 Å². The number of hydrogen-bond donors (Lipinski definition) is 0. The van der Waals surface area contributed by atoms with E-state index in [4.69, 9.17) is 4.74 Å². The van der Waals surface area contributed by atoms with Crippen LogP contribution in [0.2, 0.25) is 0 Å². The fourth-order valence-corrected chi connectivity index (χ4v) is 7.27. The summed E-state index contributed by atoms with van der Waals surface area (Å²) < 4.78 is 5.58. The molecule has 0 unspecified atom stereocenters. The number of ether oxygens (including phenoxy) is 1. The van der Waals surface area contributed by atoms with Crippen molar-refractivity contribution in [1.82, 2.24) is 0 Å². The number of carbonyl (C=O) groups excluding carboxylic acids is 2. The van der Waals surface area contributed by atoms with Crippen LogP contribution in [-0.2, 0) is 14.3 Å². The summed E-state index contributed by atoms with van der Waals surface area (Å²) in [5, 5.41) is 0. The van der Waals surface area contributed by atoms with Crippen molar-refractivity contribution in [2.75, 3.05) is 0 Å². The number of halogens is 1. The van der Waals surface area contributed by atoms with Gasteiger partial charge in [-0.2, -0.15) is 0 Å². The Bertz CT molecular complexity index is 690. The molecule has 3 nitrogen and oxygen atoms in total. The lowest BCUT2D eigenvalue weighted by Gasteiger charge is -2.53. The zero-order valence-electron chi connectivity index (χ0n) is 17.8. The van der Waals surface area contributed by atoms with E-state index in [0.29, 0.717) is 23.5 Å². The highest BCUT2D eigenvalue weighted by Gasteiger charge is 2.60. The summed E-state index contributed by atoms with van der Waals surface area (Å²) in [4.78, 5) is 24.6. The predicted octanol–water partition coefficient (Wildman–Crippen LogP) is 5.85. The largest absolute Gasteiger partial charge is 0.460 e. The number of ketones is 1. The molecule has 0 bridgehead atoms. The van der Waals surface area contributed by atoms with Gasteiger partial charge in [-0.25, -0.2) is 0 Å². The van der Waals surface area contributed by atoms with Gasteiger partial charge in [0.1, 0.15) is 10.4 Å². The van der Waals surface area contributed by atoms with Gasteiger partial charge in [0.2, 0.25) is 0 Å². The second kappa shape index (κ2) is 7.25. The molecule has 0 N–H and O–H groups in total. The van der Waals surface area contributed by atoms with Crippen LogP contribution in [0.15, 0.2) is 11.6 Å². The number of alkyl halides is 1. The third-order valence-corrected chi connectivity index (χ3v) is 8.94. The molecule has 28 heavy (non-hydrogen) atoms. The molecule has 0 aromatic carbocycles. The van der Waals surface area contributed by atoms with Crippen LogP contribution in [-0.4, -0.2) is 22.2 Å². The molecule has 4 rings (SSSR count). The summed E-state index contributed by atoms with van der Waals surface area (Å²) in [6.07, 6.45) is 10.8. The minimum absolute atomic E-state index is 0.0395. The first-order valence-electron chi connectivity index (χ1n) is 11.3. The van der Waals surface area contributed by atoms with Gasteiger partial charge in [-0.3, -0.25) is 9.59 Å². The topological polar surface area (TPSA) is 43.4 Å². The smallest absolute Gasteiger partial charge is 0.322 e. The molecule has 3 fully saturated rings. The van der Waals surface area contributed by atoms with Crippen LogP contribution < -0.4 is 0 Å². The predicted molar refractivity (Wildman–Crippen MR) is 114 cm³/mol. The quantitative estimate of drug-likeness (QED) is 0.399. The van der Waals surface area contributed by atoms with Gasteiger partial charge in [0.25, 0.3) is 0 Å². The summed E-state index contributed by atoms with van der Waals surface area (Å²) >= 11 is 3.49. The van der Waals surface area contributed by atoms with Gasteiger partial charge in [0, 0.05) is 11.8 Å². The van der Waals surface area contributed by atoms with Crippen LogP contribution in [0.4, 0.5) is 0 Å². The minimum atomic E-state index is -0.629. The van der Waals surface area contributed by atoms with E-state index in [-0.39, 0.29) is 17.5 Å². The first-order valence-corrected chi connectivity index (χ1v) is 12.1. The highest BCUT2D eigenvalue weighted by Crippen LogP contribution is 2.64. The number of fused-ring (bicyclic) bond motifs is 5. The molecule has 0 aromatic heterocycles. The van der Waals surface area contributed by atoms with Gasteiger partial charge in [0.15, 0.2) is 5.78 Å². The Morgan fingerprint density at radius 1 is 1.25 bits per heavy atom. The van der Waals surface area contributed by atoms with E-state index < -0.39 is 4.32 Å². The molecule has 156 valence electrons. The summed E-state index contributed by atoms with van der Waals surface area (Å²) in [7, 11) is 0. The van der Waals surface area contributed by atoms with E-state index in [9.17, 15) is 9.59 Å². The highest BCUT2D eigenvalue weighted by molar-refractivity contribution is 9.10. The van der Waals surface area contributed by atoms with E-state index in [1.165, 1.54) is 24.8 Å². The van der Waals surface area contributed by atoms with Crippen molar-refractivity contribution >= 4 is 27.7 Å². The van der Waals surface area contributed by atoms with Crippen LogP contribution in [0.3, 0.4) is 0 Å². The van der Waals surface area contributed by atoms with Gasteiger partial charge >= 0.3 is 5.97 Å². The minimum Gasteiger partial charge on any atom is -0.460 e. The number of allylic oxidation sites excluding steroid dienone is 1. The van der Waals surface area contributed by atoms with Crippen molar-refractivity contribution in [2.24, 2.45) is 35.0 Å². The average molecular weight is 451 g/mol. The molecule has 0 spiro atoms. The van der Waals surface area contributed by atoms with Crippen molar-refractivity contribution in [3.63, 3.8) is 0 Å². The van der Waals surface area contributed by atoms with Crippen LogP contribution in [0, 0.1) is 35.0 Å². The molecule has 4 heteroatoms. The molecular weight excluding hydrogens is 416 g/mol. The van der Waals surface area contributed by atoms with E-state index in [1.54, 1.807) is 0 Å². The number of esters is 1. The van der Waals surface area contributed by atoms with Crippen molar-refractivity contribution in [3.8, 4) is 0 Å². The van der Waals surface area contributed by atoms with Crippen LogP contribution in [0.1, 0.15) is 79.1 Å². The second-order valence-corrected chi connectivity index (χ2v) is 12.5. The number of hydrogen-bond acceptors (Lipinski definition) is 3. The Labute approximate surface area is 178 Å². The summed E-state index contributed by atoms with van der Waals surface area (Å²) in [5.74, 6) is 3.41. The fourth-order valence-electron chi connectivity index (χ4n) is 7.18. The second-order valence-electron chi connectivity index (χ2n) is 10.6. The first-order chi connectivity index (χ1) is 13.1. The Hall–Kier alpha value is -0.640. The molecular formula is C24H35BrO3. The van der Waals surface area contributed by atoms with Gasteiger partial charge in [-0.05, 0) is 94.5 Å². The fraction of sp³-hybridized carbons (Fsp3) is 0.833. The lowest BCUT2D eigenvalue weighted by Crippen LogP contribution is -2.49. The van der Waals surface area contributed by atoms with E-state index in [2.05, 4.69) is 29.8 Å². The van der Waals surface area contributed by atoms with Gasteiger partial charge < -0.3 is 4.74 Å². The van der Waals surface area contributed by atoms with Gasteiger partial charge in [-0.1, -0.05) is 35.4 Å². The van der Waals surface area contributed by atoms with Gasteiger partial charge in [0.05, 0.1) is 0 Å². The molecule has 0 saturated heterocycles. The molecule has 3 saturated carbocycles. The molecule has 0 heterocycles. The summed E-state index contributed by atoms with van der Waals surface area (Å²) in [6, 6.07) is 0. The summed E-state index contributed by atoms with van der Waals surface area (Å²) in [5.41, 5.74) is 1.54. The molecule has 0 aliphatic heterocycles. The maximum absolute atomic E-state index is 12.7. The third-order valence-electron chi connectivity index (χ3n) is 8.62. The first kappa shape index (κ1) is 20.6. The maximum atomic E-state index is 12.7. The highest BCUT2D eigenvalue weighted by atomic mass is 79.9. The molecule has 4 aliphatic carbocycles. The van der Waals surface area contributed by atoms with Gasteiger partial charge in [-0.15, -0.1) is 0 Å². The Morgan fingerprint density at radius 2 is 2.00 bits per heavy atom. The van der Waals surface area contributed by atoms with Crippen molar-refractivity contribution in [2.45, 2.75) is 89.5 Å². The van der Waals surface area contributed by atoms with E-state index in [0.717, 1.165) is 43.9 Å². The average Bonchev–Trinajstić information content (AvgIpc) is 2.92. The SMILES string of the molecule is CC[C@H]1C[C@H]2[C@@H]3CCC4=CC(=O)CC[C@@H]4[C@H]3CC[C@]2(C)[C@H]1OC(=O)C(C)(C)Br. The van der Waals surface area contributed by atoms with E-state index in [1.807, 2.05) is 19.9 Å². The zero-order chi connectivity index (χ0) is 20.3. The maximum Gasteiger partial charge on any atom is 0.322 e. The van der Waals surface area contributed by atoms with Crippen molar-refractivity contribution < 1.29 is 14.3 Å². The lowest BCUT2D eigenvalue weighted by molar-refractivity contribution is -0.163. The normalized spacial score (nSPS) is 42.9.